The Morgan fingerprint density at radius 2 is 2.00 bits per heavy atom. The van der Waals surface area contributed by atoms with E-state index in [1.165, 1.54) is 29.7 Å². The van der Waals surface area contributed by atoms with E-state index in [2.05, 4.69) is 15.5 Å². The Balaban J connectivity index is 1.60. The molecule has 7 nitrogen and oxygen atoms in total. The van der Waals surface area contributed by atoms with Crippen molar-refractivity contribution in [2.24, 2.45) is 5.14 Å². The van der Waals surface area contributed by atoms with Crippen LogP contribution in [0.4, 0.5) is 0 Å². The predicted molar refractivity (Wildman–Crippen MR) is 95.8 cm³/mol. The van der Waals surface area contributed by atoms with Gasteiger partial charge in [0.15, 0.2) is 0 Å². The summed E-state index contributed by atoms with van der Waals surface area (Å²) in [4.78, 5) is 13.3. The fourth-order valence-corrected chi connectivity index (χ4v) is 3.58. The van der Waals surface area contributed by atoms with E-state index < -0.39 is 10.0 Å². The third-order valence-electron chi connectivity index (χ3n) is 3.60. The number of thiophene rings is 1. The van der Waals surface area contributed by atoms with Crippen molar-refractivity contribution >= 4 is 27.3 Å². The summed E-state index contributed by atoms with van der Waals surface area (Å²) in [5, 5.41) is 16.6. The Morgan fingerprint density at radius 1 is 1.24 bits per heavy atom. The van der Waals surface area contributed by atoms with Gasteiger partial charge in [0.25, 0.3) is 5.91 Å². The number of aromatic nitrogens is 2. The van der Waals surface area contributed by atoms with Gasteiger partial charge >= 0.3 is 0 Å². The van der Waals surface area contributed by atoms with Crippen LogP contribution in [0.2, 0.25) is 0 Å². The zero-order chi connectivity index (χ0) is 17.9. The van der Waals surface area contributed by atoms with Crippen LogP contribution in [0.3, 0.4) is 0 Å². The topological polar surface area (TPSA) is 118 Å². The molecule has 25 heavy (non-hydrogen) atoms. The first-order chi connectivity index (χ1) is 11.9. The molecule has 3 aromatic rings. The Bertz CT molecular complexity index is 961. The van der Waals surface area contributed by atoms with E-state index in [1.54, 1.807) is 12.1 Å². The van der Waals surface area contributed by atoms with Crippen LogP contribution in [0.5, 0.6) is 0 Å². The third kappa shape index (κ3) is 4.13. The van der Waals surface area contributed by atoms with Gasteiger partial charge in [0.2, 0.25) is 10.0 Å². The lowest BCUT2D eigenvalue weighted by atomic mass is 10.1. The quantitative estimate of drug-likeness (QED) is 0.607. The van der Waals surface area contributed by atoms with Gasteiger partial charge in [-0.1, -0.05) is 18.2 Å². The number of primary sulfonamides is 1. The Kier molecular flexibility index (Phi) is 4.98. The molecule has 1 aromatic carbocycles. The average molecular weight is 376 g/mol. The highest BCUT2D eigenvalue weighted by atomic mass is 32.2. The molecule has 130 valence electrons. The van der Waals surface area contributed by atoms with Gasteiger partial charge in [-0.2, -0.15) is 5.10 Å². The largest absolute Gasteiger partial charge is 0.352 e. The highest BCUT2D eigenvalue weighted by molar-refractivity contribution is 7.89. The minimum absolute atomic E-state index is 0.0688. The number of hydrogen-bond acceptors (Lipinski definition) is 5. The van der Waals surface area contributed by atoms with Crippen molar-refractivity contribution in [1.29, 1.82) is 0 Å². The summed E-state index contributed by atoms with van der Waals surface area (Å²) in [6.45, 7) is 0.419. The van der Waals surface area contributed by atoms with E-state index in [1.807, 2.05) is 17.5 Å². The number of nitrogens with two attached hydrogens (primary N) is 1. The molecule has 0 aliphatic heterocycles. The summed E-state index contributed by atoms with van der Waals surface area (Å²) in [6.07, 6.45) is 2.08. The number of benzene rings is 1. The Labute approximate surface area is 148 Å². The third-order valence-corrected chi connectivity index (χ3v) is 5.42. The molecular weight excluding hydrogens is 360 g/mol. The van der Waals surface area contributed by atoms with Crippen molar-refractivity contribution in [2.75, 3.05) is 6.54 Å². The van der Waals surface area contributed by atoms with Crippen molar-refractivity contribution in [3.63, 3.8) is 0 Å². The van der Waals surface area contributed by atoms with Crippen LogP contribution in [0.15, 0.2) is 52.9 Å². The van der Waals surface area contributed by atoms with E-state index in [0.29, 0.717) is 24.2 Å². The molecule has 0 bridgehead atoms. The van der Waals surface area contributed by atoms with Gasteiger partial charge in [-0.25, -0.2) is 13.6 Å². The summed E-state index contributed by atoms with van der Waals surface area (Å²) in [5.74, 6) is -0.210. The number of aromatic amines is 1. The molecule has 1 amide bonds. The van der Waals surface area contributed by atoms with Gasteiger partial charge in [-0.3, -0.25) is 9.89 Å². The minimum Gasteiger partial charge on any atom is -0.352 e. The van der Waals surface area contributed by atoms with Gasteiger partial charge in [0.05, 0.1) is 27.2 Å². The second-order valence-corrected chi connectivity index (χ2v) is 7.84. The SMILES string of the molecule is NS(=O)(=O)c1ccc(CCNC(=O)c2cn[nH]c2-c2cccs2)cc1. The van der Waals surface area contributed by atoms with Crippen molar-refractivity contribution in [2.45, 2.75) is 11.3 Å². The first kappa shape index (κ1) is 17.3. The molecule has 2 heterocycles. The second-order valence-electron chi connectivity index (χ2n) is 5.33. The van der Waals surface area contributed by atoms with Crippen LogP contribution >= 0.6 is 11.3 Å². The predicted octanol–water partition coefficient (Wildman–Crippen LogP) is 1.76. The number of amides is 1. The molecule has 2 aromatic heterocycles. The maximum Gasteiger partial charge on any atom is 0.255 e. The molecular formula is C16H16N4O3S2. The van der Waals surface area contributed by atoms with Crippen molar-refractivity contribution in [3.05, 3.63) is 59.1 Å². The standard InChI is InChI=1S/C16H16N4O3S2/c17-25(22,23)12-5-3-11(4-6-12)7-8-18-16(21)13-10-19-20-15(13)14-2-1-9-24-14/h1-6,9-10H,7-8H2,(H,18,21)(H,19,20)(H2,17,22,23). The number of nitrogens with one attached hydrogen (secondary N) is 2. The first-order valence-electron chi connectivity index (χ1n) is 7.42. The number of carbonyl (C=O) groups excluding carboxylic acids is 1. The zero-order valence-corrected chi connectivity index (χ0v) is 14.7. The Morgan fingerprint density at radius 3 is 2.64 bits per heavy atom. The first-order valence-corrected chi connectivity index (χ1v) is 9.85. The van der Waals surface area contributed by atoms with Crippen LogP contribution in [0.25, 0.3) is 10.6 Å². The van der Waals surface area contributed by atoms with Gasteiger partial charge in [-0.15, -0.1) is 11.3 Å². The molecule has 0 radical (unpaired) electrons. The highest BCUT2D eigenvalue weighted by Crippen LogP contribution is 2.25. The zero-order valence-electron chi connectivity index (χ0n) is 13.1. The van der Waals surface area contributed by atoms with E-state index in [4.69, 9.17) is 5.14 Å². The van der Waals surface area contributed by atoms with Gasteiger partial charge in [0.1, 0.15) is 0 Å². The number of carbonyl (C=O) groups is 1. The molecule has 3 rings (SSSR count). The van der Waals surface area contributed by atoms with Crippen LogP contribution in [-0.4, -0.2) is 31.1 Å². The fraction of sp³-hybridized carbons (Fsp3) is 0.125. The summed E-state index contributed by atoms with van der Waals surface area (Å²) in [5.41, 5.74) is 2.09. The summed E-state index contributed by atoms with van der Waals surface area (Å²) >= 11 is 1.53. The van der Waals surface area contributed by atoms with E-state index in [0.717, 1.165) is 10.4 Å². The van der Waals surface area contributed by atoms with Gasteiger partial charge in [0, 0.05) is 6.54 Å². The summed E-state index contributed by atoms with van der Waals surface area (Å²) in [6, 6.07) is 10.1. The maximum absolute atomic E-state index is 12.3. The smallest absolute Gasteiger partial charge is 0.255 e. The lowest BCUT2D eigenvalue weighted by Gasteiger charge is -2.06. The van der Waals surface area contributed by atoms with Gasteiger partial charge in [-0.05, 0) is 35.6 Å². The van der Waals surface area contributed by atoms with E-state index in [-0.39, 0.29) is 10.8 Å². The molecule has 0 unspecified atom stereocenters. The number of nitrogens with zero attached hydrogens (tertiary/aromatic N) is 1. The van der Waals surface area contributed by atoms with Crippen molar-refractivity contribution in [3.8, 4) is 10.6 Å². The monoisotopic (exact) mass is 376 g/mol. The second kappa shape index (κ2) is 7.18. The lowest BCUT2D eigenvalue weighted by molar-refractivity contribution is 0.0955. The van der Waals surface area contributed by atoms with E-state index >= 15 is 0 Å². The fourth-order valence-electron chi connectivity index (χ4n) is 2.33. The minimum atomic E-state index is -3.69. The Hall–Kier alpha value is -2.49. The van der Waals surface area contributed by atoms with Gasteiger partial charge < -0.3 is 5.32 Å². The average Bonchev–Trinajstić information content (AvgIpc) is 3.25. The molecule has 0 spiro atoms. The molecule has 0 saturated heterocycles. The van der Waals surface area contributed by atoms with Crippen LogP contribution in [0.1, 0.15) is 15.9 Å². The number of H-pyrrole nitrogens is 1. The molecule has 4 N–H and O–H groups in total. The summed E-state index contributed by atoms with van der Waals surface area (Å²) < 4.78 is 22.4. The molecule has 0 aliphatic rings. The molecule has 9 heteroatoms. The molecule has 0 saturated carbocycles. The van der Waals surface area contributed by atoms with Crippen LogP contribution < -0.4 is 10.5 Å². The summed E-state index contributed by atoms with van der Waals surface area (Å²) in [7, 11) is -3.69. The number of rotatable bonds is 6. The van der Waals surface area contributed by atoms with Crippen LogP contribution in [0, 0.1) is 0 Å². The number of hydrogen-bond donors (Lipinski definition) is 3. The number of sulfonamides is 1. The highest BCUT2D eigenvalue weighted by Gasteiger charge is 2.15. The van der Waals surface area contributed by atoms with E-state index in [9.17, 15) is 13.2 Å². The normalized spacial score (nSPS) is 11.4. The lowest BCUT2D eigenvalue weighted by Crippen LogP contribution is -2.25. The molecule has 0 atom stereocenters. The molecule has 0 aliphatic carbocycles. The van der Waals surface area contributed by atoms with Crippen LogP contribution in [-0.2, 0) is 16.4 Å². The van der Waals surface area contributed by atoms with Crippen molar-refractivity contribution < 1.29 is 13.2 Å². The maximum atomic E-state index is 12.3. The van der Waals surface area contributed by atoms with Crippen molar-refractivity contribution in [1.82, 2.24) is 15.5 Å². The molecule has 0 fully saturated rings.